The molecule has 1 heterocycles. The van der Waals surface area contributed by atoms with Crippen LogP contribution < -0.4 is 5.73 Å². The minimum atomic E-state index is -0.122. The molecule has 1 aliphatic heterocycles. The van der Waals surface area contributed by atoms with Gasteiger partial charge in [-0.25, -0.2) is 4.39 Å². The van der Waals surface area contributed by atoms with Gasteiger partial charge in [-0.1, -0.05) is 49.4 Å². The van der Waals surface area contributed by atoms with Gasteiger partial charge in [0.05, 0.1) is 0 Å². The fraction of sp³-hybridized carbons (Fsp3) is 0.368. The number of nitrogens with zero attached hydrogens (tertiary/aromatic N) is 1. The van der Waals surface area contributed by atoms with Crippen LogP contribution in [0, 0.1) is 11.2 Å². The summed E-state index contributed by atoms with van der Waals surface area (Å²) in [6.07, 6.45) is 1.09. The number of benzene rings is 2. The second-order valence-corrected chi connectivity index (χ2v) is 6.65. The van der Waals surface area contributed by atoms with E-state index in [-0.39, 0.29) is 23.6 Å². The van der Waals surface area contributed by atoms with Crippen LogP contribution in [-0.2, 0) is 6.54 Å². The Morgan fingerprint density at radius 2 is 1.87 bits per heavy atom. The van der Waals surface area contributed by atoms with Crippen molar-refractivity contribution < 1.29 is 4.39 Å². The average molecular weight is 335 g/mol. The highest BCUT2D eigenvalue weighted by Gasteiger charge is 2.32. The van der Waals surface area contributed by atoms with Crippen LogP contribution in [-0.4, -0.2) is 24.5 Å². The van der Waals surface area contributed by atoms with Gasteiger partial charge in [0.1, 0.15) is 5.82 Å². The van der Waals surface area contributed by atoms with Gasteiger partial charge in [-0.2, -0.15) is 0 Å². The van der Waals surface area contributed by atoms with Crippen molar-refractivity contribution in [3.8, 4) is 11.1 Å². The Hall–Kier alpha value is -1.42. The zero-order valence-corrected chi connectivity index (χ0v) is 14.3. The van der Waals surface area contributed by atoms with Crippen molar-refractivity contribution in [1.29, 1.82) is 0 Å². The lowest BCUT2D eigenvalue weighted by Crippen LogP contribution is -2.31. The van der Waals surface area contributed by atoms with Gasteiger partial charge in [0.25, 0.3) is 0 Å². The lowest BCUT2D eigenvalue weighted by atomic mass is 9.90. The van der Waals surface area contributed by atoms with E-state index >= 15 is 0 Å². The smallest absolute Gasteiger partial charge is 0.128 e. The van der Waals surface area contributed by atoms with Gasteiger partial charge in [-0.15, -0.1) is 12.4 Å². The number of nitrogens with two attached hydrogens (primary N) is 1. The predicted octanol–water partition coefficient (Wildman–Crippen LogP) is 4.09. The minimum Gasteiger partial charge on any atom is -0.330 e. The Balaban J connectivity index is 0.00000192. The standard InChI is InChI=1S/C19H23FN2.ClH/c1-19(13-21)9-10-22(14-19)12-17-8-7-16(11-18(17)20)15-5-3-2-4-6-15;/h2-8,11H,9-10,12-14,21H2,1H3;1H. The van der Waals surface area contributed by atoms with Crippen LogP contribution in [0.5, 0.6) is 0 Å². The molecule has 3 rings (SSSR count). The molecule has 0 radical (unpaired) electrons. The van der Waals surface area contributed by atoms with Gasteiger partial charge in [0, 0.05) is 18.7 Å². The predicted molar refractivity (Wildman–Crippen MR) is 96.1 cm³/mol. The quantitative estimate of drug-likeness (QED) is 0.912. The summed E-state index contributed by atoms with van der Waals surface area (Å²) in [5.74, 6) is -0.122. The Bertz CT molecular complexity index is 647. The van der Waals surface area contributed by atoms with Crippen LogP contribution in [0.25, 0.3) is 11.1 Å². The molecule has 23 heavy (non-hydrogen) atoms. The highest BCUT2D eigenvalue weighted by atomic mass is 35.5. The summed E-state index contributed by atoms with van der Waals surface area (Å²) in [4.78, 5) is 2.30. The summed E-state index contributed by atoms with van der Waals surface area (Å²) in [5.41, 5.74) is 8.76. The molecule has 4 heteroatoms. The third kappa shape index (κ3) is 4.11. The molecule has 124 valence electrons. The third-order valence-corrected chi connectivity index (χ3v) is 4.68. The van der Waals surface area contributed by atoms with Gasteiger partial charge >= 0.3 is 0 Å². The van der Waals surface area contributed by atoms with Crippen LogP contribution in [0.4, 0.5) is 4.39 Å². The van der Waals surface area contributed by atoms with Crippen molar-refractivity contribution in [1.82, 2.24) is 4.90 Å². The molecule has 0 bridgehead atoms. The summed E-state index contributed by atoms with van der Waals surface area (Å²) < 4.78 is 14.4. The minimum absolute atomic E-state index is 0. The molecule has 2 N–H and O–H groups in total. The molecular weight excluding hydrogens is 311 g/mol. The molecule has 2 nitrogen and oxygen atoms in total. The van der Waals surface area contributed by atoms with Crippen molar-refractivity contribution in [3.63, 3.8) is 0 Å². The van der Waals surface area contributed by atoms with Crippen molar-refractivity contribution >= 4 is 12.4 Å². The van der Waals surface area contributed by atoms with Crippen molar-refractivity contribution in [2.45, 2.75) is 19.9 Å². The zero-order chi connectivity index (χ0) is 15.6. The number of likely N-dealkylation sites (tertiary alicyclic amines) is 1. The maximum absolute atomic E-state index is 14.4. The molecule has 0 aromatic heterocycles. The highest BCUT2D eigenvalue weighted by Crippen LogP contribution is 2.30. The number of hydrogen-bond acceptors (Lipinski definition) is 2. The second kappa shape index (κ2) is 7.43. The first-order valence-electron chi connectivity index (χ1n) is 7.86. The van der Waals surface area contributed by atoms with Crippen molar-refractivity contribution in [2.75, 3.05) is 19.6 Å². The van der Waals surface area contributed by atoms with E-state index in [2.05, 4.69) is 11.8 Å². The van der Waals surface area contributed by atoms with Crippen LogP contribution in [0.15, 0.2) is 48.5 Å². The molecule has 2 aromatic rings. The van der Waals surface area contributed by atoms with E-state index in [9.17, 15) is 4.39 Å². The fourth-order valence-corrected chi connectivity index (χ4v) is 3.15. The monoisotopic (exact) mass is 334 g/mol. The van der Waals surface area contributed by atoms with Gasteiger partial charge in [0.15, 0.2) is 0 Å². The lowest BCUT2D eigenvalue weighted by Gasteiger charge is -2.22. The topological polar surface area (TPSA) is 29.3 Å². The largest absolute Gasteiger partial charge is 0.330 e. The normalized spacial score (nSPS) is 21.2. The highest BCUT2D eigenvalue weighted by molar-refractivity contribution is 5.85. The van der Waals surface area contributed by atoms with Gasteiger partial charge in [-0.05, 0) is 42.1 Å². The molecule has 1 aliphatic rings. The number of rotatable bonds is 4. The molecule has 0 aliphatic carbocycles. The Labute approximate surface area is 143 Å². The van der Waals surface area contributed by atoms with Gasteiger partial charge in [-0.3, -0.25) is 4.90 Å². The van der Waals surface area contributed by atoms with E-state index in [1.807, 2.05) is 42.5 Å². The van der Waals surface area contributed by atoms with E-state index in [0.717, 1.165) is 36.2 Å². The lowest BCUT2D eigenvalue weighted by molar-refractivity contribution is 0.271. The van der Waals surface area contributed by atoms with E-state index in [1.165, 1.54) is 0 Å². The Kier molecular flexibility index (Phi) is 5.79. The molecule has 1 fully saturated rings. The van der Waals surface area contributed by atoms with Crippen LogP contribution in [0.3, 0.4) is 0 Å². The van der Waals surface area contributed by atoms with E-state index in [4.69, 9.17) is 5.73 Å². The molecule has 0 saturated carbocycles. The van der Waals surface area contributed by atoms with E-state index < -0.39 is 0 Å². The second-order valence-electron chi connectivity index (χ2n) is 6.65. The number of halogens is 2. The number of hydrogen-bond donors (Lipinski definition) is 1. The molecule has 0 spiro atoms. The fourth-order valence-electron chi connectivity index (χ4n) is 3.15. The summed E-state index contributed by atoms with van der Waals surface area (Å²) in [6, 6.07) is 15.5. The summed E-state index contributed by atoms with van der Waals surface area (Å²) in [5, 5.41) is 0. The summed E-state index contributed by atoms with van der Waals surface area (Å²) in [6.45, 7) is 5.51. The summed E-state index contributed by atoms with van der Waals surface area (Å²) in [7, 11) is 0. The SMILES string of the molecule is CC1(CN)CCN(Cc2ccc(-c3ccccc3)cc2F)C1.Cl. The summed E-state index contributed by atoms with van der Waals surface area (Å²) >= 11 is 0. The van der Waals surface area contributed by atoms with Gasteiger partial charge < -0.3 is 5.73 Å². The van der Waals surface area contributed by atoms with Gasteiger partial charge in [0.2, 0.25) is 0 Å². The van der Waals surface area contributed by atoms with Crippen molar-refractivity contribution in [2.24, 2.45) is 11.1 Å². The third-order valence-electron chi connectivity index (χ3n) is 4.68. The first-order chi connectivity index (χ1) is 10.6. The Morgan fingerprint density at radius 1 is 1.13 bits per heavy atom. The molecule has 2 aromatic carbocycles. The first kappa shape index (κ1) is 17.9. The van der Waals surface area contributed by atoms with Crippen molar-refractivity contribution in [3.05, 3.63) is 59.9 Å². The molecule has 1 atom stereocenters. The molecule has 1 unspecified atom stereocenters. The molecule has 0 amide bonds. The van der Waals surface area contributed by atoms with Crippen LogP contribution in [0.2, 0.25) is 0 Å². The maximum atomic E-state index is 14.4. The maximum Gasteiger partial charge on any atom is 0.128 e. The first-order valence-corrected chi connectivity index (χ1v) is 7.86. The van der Waals surface area contributed by atoms with E-state index in [0.29, 0.717) is 13.1 Å². The zero-order valence-electron chi connectivity index (χ0n) is 13.5. The van der Waals surface area contributed by atoms with Crippen LogP contribution >= 0.6 is 12.4 Å². The molecular formula is C19H24ClFN2. The van der Waals surface area contributed by atoms with Crippen LogP contribution in [0.1, 0.15) is 18.9 Å². The average Bonchev–Trinajstić information content (AvgIpc) is 2.92. The van der Waals surface area contributed by atoms with E-state index in [1.54, 1.807) is 6.07 Å². The Morgan fingerprint density at radius 3 is 2.48 bits per heavy atom. The molecule has 1 saturated heterocycles.